The summed E-state index contributed by atoms with van der Waals surface area (Å²) in [5.41, 5.74) is 19.6. The van der Waals surface area contributed by atoms with Gasteiger partial charge in [-0.3, -0.25) is 0 Å². The third-order valence-electron chi connectivity index (χ3n) is 15.8. The molecule has 0 saturated carbocycles. The third kappa shape index (κ3) is 8.40. The van der Waals surface area contributed by atoms with E-state index in [0.717, 1.165) is 127 Å². The van der Waals surface area contributed by atoms with Crippen molar-refractivity contribution in [3.63, 3.8) is 0 Å². The van der Waals surface area contributed by atoms with Gasteiger partial charge < -0.3 is 9.13 Å². The molecule has 0 fully saturated rings. The first-order valence-electron chi connectivity index (χ1n) is 27.6. The van der Waals surface area contributed by atoms with Crippen LogP contribution in [0.2, 0.25) is 0 Å². The van der Waals surface area contributed by atoms with E-state index in [1.165, 1.54) is 0 Å². The largest absolute Gasteiger partial charge is 0.309 e. The standard InChI is InChI=1S/C76H48N6/c77-49-60-32-19-33-63(73(60)82-71-42-36-58(52-24-11-3-12-25-52)46-66(71)67-47-59(37-43-72(67)82)53-26-13-4-14-27-53)62-39-38-61(48-68(62)76-79-74(54-28-15-5-16-29-54)78-75(80-76)55-30-17-6-18-31-55)81-69-40-34-56(50-20-7-1-8-21-50)44-64(69)65-45-57(35-41-70(65)81)51-22-9-2-10-23-51/h1-48H. The van der Waals surface area contributed by atoms with E-state index in [4.69, 9.17) is 15.0 Å². The summed E-state index contributed by atoms with van der Waals surface area (Å²) in [5.74, 6) is 1.60. The minimum atomic E-state index is 0.499. The fourth-order valence-electron chi connectivity index (χ4n) is 11.9. The van der Waals surface area contributed by atoms with Crippen LogP contribution in [-0.4, -0.2) is 24.1 Å². The van der Waals surface area contributed by atoms with E-state index in [9.17, 15) is 5.26 Å². The number of nitriles is 1. The van der Waals surface area contributed by atoms with Gasteiger partial charge in [0, 0.05) is 49.5 Å². The first kappa shape index (κ1) is 47.9. The van der Waals surface area contributed by atoms with Gasteiger partial charge in [-0.05, 0) is 117 Å². The molecule has 3 heterocycles. The maximum atomic E-state index is 11.4. The van der Waals surface area contributed by atoms with Crippen LogP contribution in [0.3, 0.4) is 0 Å². The Kier molecular flexibility index (Phi) is 11.8. The predicted octanol–water partition coefficient (Wildman–Crippen LogP) is 19.3. The van der Waals surface area contributed by atoms with Crippen molar-refractivity contribution >= 4 is 43.6 Å². The second kappa shape index (κ2) is 20.2. The van der Waals surface area contributed by atoms with Gasteiger partial charge in [0.05, 0.1) is 33.3 Å². The molecule has 0 bridgehead atoms. The molecular weight excluding hydrogens is 997 g/mol. The molecule has 6 nitrogen and oxygen atoms in total. The van der Waals surface area contributed by atoms with Crippen LogP contribution in [0, 0.1) is 11.3 Å². The summed E-state index contributed by atoms with van der Waals surface area (Å²) in [6, 6.07) is 105. The van der Waals surface area contributed by atoms with Crippen LogP contribution in [-0.2, 0) is 0 Å². The quantitative estimate of drug-likeness (QED) is 0.137. The number of nitrogens with zero attached hydrogens (tertiary/aromatic N) is 6. The minimum absolute atomic E-state index is 0.499. The first-order valence-corrected chi connectivity index (χ1v) is 27.6. The van der Waals surface area contributed by atoms with Crippen LogP contribution < -0.4 is 0 Å². The molecule has 0 aliphatic heterocycles. The van der Waals surface area contributed by atoms with Crippen LogP contribution in [0.1, 0.15) is 5.56 Å². The van der Waals surface area contributed by atoms with Crippen LogP contribution in [0.4, 0.5) is 0 Å². The van der Waals surface area contributed by atoms with E-state index in [-0.39, 0.29) is 0 Å². The lowest BCUT2D eigenvalue weighted by Gasteiger charge is -2.20. The molecule has 82 heavy (non-hydrogen) atoms. The Bertz CT molecular complexity index is 4700. The van der Waals surface area contributed by atoms with E-state index in [1.54, 1.807) is 0 Å². The van der Waals surface area contributed by atoms with Gasteiger partial charge in [0.25, 0.3) is 0 Å². The summed E-state index contributed by atoms with van der Waals surface area (Å²) in [4.78, 5) is 16.0. The summed E-state index contributed by atoms with van der Waals surface area (Å²) in [6.45, 7) is 0. The monoisotopic (exact) mass is 1040 g/mol. The summed E-state index contributed by atoms with van der Waals surface area (Å²) in [5, 5.41) is 15.8. The van der Waals surface area contributed by atoms with E-state index >= 15 is 0 Å². The van der Waals surface area contributed by atoms with Gasteiger partial charge in [0.1, 0.15) is 6.07 Å². The highest BCUT2D eigenvalue weighted by atomic mass is 15.0. The topological polar surface area (TPSA) is 72.3 Å². The van der Waals surface area contributed by atoms with Crippen molar-refractivity contribution in [2.24, 2.45) is 0 Å². The number of para-hydroxylation sites is 1. The smallest absolute Gasteiger partial charge is 0.164 e. The SMILES string of the molecule is N#Cc1cccc(-c2ccc(-n3c4ccc(-c5ccccc5)cc4c4cc(-c5ccccc5)ccc43)cc2-c2nc(-c3ccccc3)nc(-c3ccccc3)n2)c1-n1c2ccc(-c3ccccc3)cc2c2cc(-c3ccccc3)ccc21. The molecule has 0 atom stereocenters. The van der Waals surface area contributed by atoms with Crippen LogP contribution in [0.5, 0.6) is 0 Å². The van der Waals surface area contributed by atoms with Crippen molar-refractivity contribution in [2.75, 3.05) is 0 Å². The summed E-state index contributed by atoms with van der Waals surface area (Å²) >= 11 is 0. The molecule has 0 saturated heterocycles. The summed E-state index contributed by atoms with van der Waals surface area (Å²) < 4.78 is 4.66. The normalized spacial score (nSPS) is 11.4. The van der Waals surface area contributed by atoms with E-state index < -0.39 is 0 Å². The Balaban J connectivity index is 1.02. The molecule has 0 amide bonds. The zero-order valence-corrected chi connectivity index (χ0v) is 44.4. The van der Waals surface area contributed by atoms with Gasteiger partial charge in [0.2, 0.25) is 0 Å². The fraction of sp³-hybridized carbons (Fsp3) is 0. The average Bonchev–Trinajstić information content (AvgIpc) is 3.68. The van der Waals surface area contributed by atoms with Crippen LogP contribution >= 0.6 is 0 Å². The molecule has 15 rings (SSSR count). The van der Waals surface area contributed by atoms with Gasteiger partial charge in [-0.15, -0.1) is 0 Å². The average molecular weight is 1050 g/mol. The van der Waals surface area contributed by atoms with Gasteiger partial charge in [-0.25, -0.2) is 15.0 Å². The van der Waals surface area contributed by atoms with Crippen molar-refractivity contribution < 1.29 is 0 Å². The number of hydrogen-bond donors (Lipinski definition) is 0. The van der Waals surface area contributed by atoms with Gasteiger partial charge in [-0.1, -0.05) is 224 Å². The molecular formula is C76H48N6. The molecule has 0 spiro atoms. The number of aromatic nitrogens is 5. The minimum Gasteiger partial charge on any atom is -0.309 e. The molecule has 0 radical (unpaired) electrons. The Labute approximate surface area is 474 Å². The third-order valence-corrected chi connectivity index (χ3v) is 15.8. The van der Waals surface area contributed by atoms with Crippen LogP contribution in [0.15, 0.2) is 291 Å². The van der Waals surface area contributed by atoms with Gasteiger partial charge >= 0.3 is 0 Å². The maximum Gasteiger partial charge on any atom is 0.164 e. The lowest BCUT2D eigenvalue weighted by atomic mass is 9.94. The molecule has 15 aromatic rings. The molecule has 0 aliphatic rings. The van der Waals surface area contributed by atoms with E-state index in [2.05, 4.69) is 234 Å². The number of rotatable bonds is 10. The van der Waals surface area contributed by atoms with E-state index in [0.29, 0.717) is 23.0 Å². The number of benzene rings is 12. The summed E-state index contributed by atoms with van der Waals surface area (Å²) in [7, 11) is 0. The molecule has 6 heteroatoms. The lowest BCUT2D eigenvalue weighted by molar-refractivity contribution is 1.07. The molecule has 3 aromatic heterocycles. The molecule has 382 valence electrons. The highest BCUT2D eigenvalue weighted by molar-refractivity contribution is 6.14. The zero-order chi connectivity index (χ0) is 54.5. The zero-order valence-electron chi connectivity index (χ0n) is 44.4. The second-order valence-corrected chi connectivity index (χ2v) is 20.6. The van der Waals surface area contributed by atoms with Crippen molar-refractivity contribution in [2.45, 2.75) is 0 Å². The Morgan fingerprint density at radius 2 is 0.610 bits per heavy atom. The fourth-order valence-corrected chi connectivity index (χ4v) is 11.9. The van der Waals surface area contributed by atoms with Crippen LogP contribution in [0.25, 0.3) is 145 Å². The second-order valence-electron chi connectivity index (χ2n) is 20.6. The number of hydrogen-bond acceptors (Lipinski definition) is 4. The Morgan fingerprint density at radius 3 is 0.988 bits per heavy atom. The molecule has 12 aromatic carbocycles. The predicted molar refractivity (Wildman–Crippen MR) is 337 cm³/mol. The van der Waals surface area contributed by atoms with Crippen molar-refractivity contribution in [1.82, 2.24) is 24.1 Å². The summed E-state index contributed by atoms with van der Waals surface area (Å²) in [6.07, 6.45) is 0. The Hall–Kier alpha value is -11.3. The highest BCUT2D eigenvalue weighted by Crippen LogP contribution is 2.45. The number of fused-ring (bicyclic) bond motifs is 6. The van der Waals surface area contributed by atoms with Gasteiger partial charge in [0.15, 0.2) is 17.5 Å². The van der Waals surface area contributed by atoms with Crippen molar-refractivity contribution in [3.8, 4) is 107 Å². The Morgan fingerprint density at radius 1 is 0.256 bits per heavy atom. The highest BCUT2D eigenvalue weighted by Gasteiger charge is 2.25. The van der Waals surface area contributed by atoms with Crippen molar-refractivity contribution in [1.29, 1.82) is 5.26 Å². The van der Waals surface area contributed by atoms with E-state index in [1.807, 2.05) is 72.8 Å². The maximum absolute atomic E-state index is 11.4. The van der Waals surface area contributed by atoms with Gasteiger partial charge in [-0.2, -0.15) is 5.26 Å². The lowest BCUT2D eigenvalue weighted by Crippen LogP contribution is -2.05. The first-order chi connectivity index (χ1) is 40.6. The van der Waals surface area contributed by atoms with Crippen molar-refractivity contribution in [3.05, 3.63) is 297 Å². The molecule has 0 N–H and O–H groups in total. The molecule has 0 unspecified atom stereocenters. The molecule has 0 aliphatic carbocycles.